The van der Waals surface area contributed by atoms with E-state index in [0.29, 0.717) is 37.3 Å². The second kappa shape index (κ2) is 14.9. The third-order valence-electron chi connectivity index (χ3n) is 9.04. The van der Waals surface area contributed by atoms with Crippen LogP contribution in [0.25, 0.3) is 0 Å². The summed E-state index contributed by atoms with van der Waals surface area (Å²) < 4.78 is 0. The minimum Gasteiger partial charge on any atom is -0.341 e. The molecule has 0 spiro atoms. The minimum atomic E-state index is -0.0412. The number of carbonyl (C=O) groups excluding carboxylic acids is 4. The fourth-order valence-corrected chi connectivity index (χ4v) is 6.00. The third kappa shape index (κ3) is 8.23. The van der Waals surface area contributed by atoms with Gasteiger partial charge < -0.3 is 29.8 Å². The molecule has 6 rings (SSSR count). The number of nitrogens with zero attached hydrogens (tertiary/aromatic N) is 7. The number of likely N-dealkylation sites (tertiary alicyclic amines) is 2. The molecule has 0 aliphatic carbocycles. The van der Waals surface area contributed by atoms with E-state index in [2.05, 4.69) is 27.2 Å². The summed E-state index contributed by atoms with van der Waals surface area (Å²) in [5.74, 6) is 0.244. The van der Waals surface area contributed by atoms with Crippen LogP contribution in [0.1, 0.15) is 44.9 Å². The number of pyridine rings is 2. The summed E-state index contributed by atoms with van der Waals surface area (Å²) >= 11 is 0. The summed E-state index contributed by atoms with van der Waals surface area (Å²) in [5, 5.41) is 3.29. The molecule has 4 amide bonds. The predicted octanol–water partition coefficient (Wildman–Crippen LogP) is 0.910. The molecule has 0 aromatic carbocycles. The molecule has 242 valence electrons. The quantitative estimate of drug-likeness (QED) is 0.537. The van der Waals surface area contributed by atoms with Crippen molar-refractivity contribution < 1.29 is 19.2 Å². The van der Waals surface area contributed by atoms with Crippen LogP contribution in [-0.2, 0) is 9.59 Å². The van der Waals surface area contributed by atoms with Gasteiger partial charge in [-0.25, -0.2) is 0 Å². The van der Waals surface area contributed by atoms with Gasteiger partial charge in [0.05, 0.1) is 23.0 Å². The molecule has 6 heterocycles. The maximum absolute atomic E-state index is 12.5. The van der Waals surface area contributed by atoms with Crippen LogP contribution in [0.2, 0.25) is 0 Å². The Balaban J connectivity index is 0.000000178. The molecule has 2 aromatic rings. The lowest BCUT2D eigenvalue weighted by atomic mass is 9.97. The molecule has 0 unspecified atom stereocenters. The number of rotatable bonds is 4. The van der Waals surface area contributed by atoms with E-state index in [1.165, 1.54) is 0 Å². The molecule has 12 heteroatoms. The summed E-state index contributed by atoms with van der Waals surface area (Å²) in [7, 11) is 2.09. The normalized spacial score (nSPS) is 19.8. The maximum atomic E-state index is 12.5. The van der Waals surface area contributed by atoms with E-state index in [0.717, 1.165) is 76.6 Å². The fraction of sp³-hybridized carbons (Fsp3) is 0.576. The van der Waals surface area contributed by atoms with Crippen molar-refractivity contribution >= 4 is 23.6 Å². The first-order valence-corrected chi connectivity index (χ1v) is 16.1. The highest BCUT2D eigenvalue weighted by Crippen LogP contribution is 2.22. The Morgan fingerprint density at radius 3 is 1.64 bits per heavy atom. The number of aromatic nitrogens is 2. The van der Waals surface area contributed by atoms with Crippen LogP contribution in [0.4, 0.5) is 0 Å². The molecule has 0 saturated carbocycles. The van der Waals surface area contributed by atoms with Crippen LogP contribution in [0.15, 0.2) is 36.7 Å². The Labute approximate surface area is 265 Å². The second-order valence-electron chi connectivity index (χ2n) is 12.6. The molecule has 0 atom stereocenters. The van der Waals surface area contributed by atoms with Crippen molar-refractivity contribution in [1.29, 1.82) is 0 Å². The Morgan fingerprint density at radius 2 is 1.13 bits per heavy atom. The van der Waals surface area contributed by atoms with Crippen LogP contribution in [0.3, 0.4) is 0 Å². The van der Waals surface area contributed by atoms with E-state index in [4.69, 9.17) is 0 Å². The molecule has 45 heavy (non-hydrogen) atoms. The van der Waals surface area contributed by atoms with Gasteiger partial charge in [-0.2, -0.15) is 0 Å². The smallest absolute Gasteiger partial charge is 0.255 e. The SMILES string of the molecule is Cc1ccc(C(=O)N2CC(C(=O)N3CCCN(C)CC3)C2)cn1.Cc1ccc(C(=O)N2CC(C(=O)N3CCCNCC3)C2)cn1. The minimum absolute atomic E-state index is 0.0304. The average Bonchev–Trinajstić information content (AvgIpc) is 3.39. The number of likely N-dealkylation sites (N-methyl/N-ethyl adjacent to an activating group) is 1. The van der Waals surface area contributed by atoms with Gasteiger partial charge in [0.1, 0.15) is 0 Å². The van der Waals surface area contributed by atoms with E-state index in [9.17, 15) is 19.2 Å². The van der Waals surface area contributed by atoms with Crippen molar-refractivity contribution in [2.24, 2.45) is 11.8 Å². The number of nitrogens with one attached hydrogen (secondary N) is 1. The van der Waals surface area contributed by atoms with Gasteiger partial charge in [-0.15, -0.1) is 0 Å². The lowest BCUT2D eigenvalue weighted by Gasteiger charge is -2.40. The van der Waals surface area contributed by atoms with Gasteiger partial charge in [-0.1, -0.05) is 0 Å². The van der Waals surface area contributed by atoms with E-state index in [1.807, 2.05) is 35.8 Å². The van der Waals surface area contributed by atoms with Crippen molar-refractivity contribution in [2.45, 2.75) is 26.7 Å². The van der Waals surface area contributed by atoms with Crippen LogP contribution < -0.4 is 5.32 Å². The van der Waals surface area contributed by atoms with Crippen LogP contribution >= 0.6 is 0 Å². The second-order valence-corrected chi connectivity index (χ2v) is 12.6. The number of hydrogen-bond acceptors (Lipinski definition) is 8. The standard InChI is InChI=1S/C17H24N4O2.C16H22N4O2/c1-13-4-5-14(10-18-13)16(22)21-11-15(12-21)17(23)20-7-3-6-19(2)8-9-20;1-12-3-4-13(9-18-12)15(21)20-10-14(11-20)16(22)19-7-2-5-17-6-8-19/h4-5,10,15H,3,6-9,11-12H2,1-2H3;3-4,9,14,17H,2,5-8,10-11H2,1H3. The molecule has 4 saturated heterocycles. The number of hydrogen-bond donors (Lipinski definition) is 1. The zero-order valence-electron chi connectivity index (χ0n) is 26.8. The van der Waals surface area contributed by atoms with Gasteiger partial charge in [-0.3, -0.25) is 29.1 Å². The molecule has 4 fully saturated rings. The number of carbonyl (C=O) groups is 4. The van der Waals surface area contributed by atoms with Crippen molar-refractivity contribution in [3.8, 4) is 0 Å². The molecule has 12 nitrogen and oxygen atoms in total. The van der Waals surface area contributed by atoms with Crippen molar-refractivity contribution in [3.63, 3.8) is 0 Å². The van der Waals surface area contributed by atoms with E-state index < -0.39 is 0 Å². The van der Waals surface area contributed by atoms with Gasteiger partial charge >= 0.3 is 0 Å². The van der Waals surface area contributed by atoms with Gasteiger partial charge in [0.25, 0.3) is 11.8 Å². The maximum Gasteiger partial charge on any atom is 0.255 e. The average molecular weight is 619 g/mol. The summed E-state index contributed by atoms with van der Waals surface area (Å²) in [5.41, 5.74) is 2.97. The highest BCUT2D eigenvalue weighted by molar-refractivity contribution is 5.96. The third-order valence-corrected chi connectivity index (χ3v) is 9.04. The highest BCUT2D eigenvalue weighted by Gasteiger charge is 2.39. The zero-order chi connectivity index (χ0) is 31.9. The molecule has 4 aliphatic heterocycles. The lowest BCUT2D eigenvalue weighted by molar-refractivity contribution is -0.140. The Hall–Kier alpha value is -3.90. The van der Waals surface area contributed by atoms with Crippen molar-refractivity contribution in [3.05, 3.63) is 59.2 Å². The number of amides is 4. The topological polar surface area (TPSA) is 122 Å². The summed E-state index contributed by atoms with van der Waals surface area (Å²) in [4.78, 5) is 67.5. The molecule has 4 aliphatic rings. The predicted molar refractivity (Wildman–Crippen MR) is 169 cm³/mol. The monoisotopic (exact) mass is 618 g/mol. The summed E-state index contributed by atoms with van der Waals surface area (Å²) in [6.45, 7) is 12.9. The molecule has 1 N–H and O–H groups in total. The first-order chi connectivity index (χ1) is 21.7. The van der Waals surface area contributed by atoms with Gasteiger partial charge in [0.15, 0.2) is 0 Å². The Morgan fingerprint density at radius 1 is 0.622 bits per heavy atom. The highest BCUT2D eigenvalue weighted by atomic mass is 16.2. The van der Waals surface area contributed by atoms with Crippen molar-refractivity contribution in [2.75, 3.05) is 85.6 Å². The van der Waals surface area contributed by atoms with Gasteiger partial charge in [0, 0.05) is 89.2 Å². The first kappa shape index (κ1) is 32.5. The largest absolute Gasteiger partial charge is 0.341 e. The Bertz CT molecular complexity index is 1330. The van der Waals surface area contributed by atoms with Crippen LogP contribution in [0.5, 0.6) is 0 Å². The molecule has 2 aromatic heterocycles. The Kier molecular flexibility index (Phi) is 10.8. The molecular formula is C33H46N8O4. The molecular weight excluding hydrogens is 572 g/mol. The fourth-order valence-electron chi connectivity index (χ4n) is 6.00. The van der Waals surface area contributed by atoms with E-state index in [-0.39, 0.29) is 35.5 Å². The van der Waals surface area contributed by atoms with Crippen LogP contribution in [-0.4, -0.2) is 144 Å². The number of aryl methyl sites for hydroxylation is 2. The van der Waals surface area contributed by atoms with Gasteiger partial charge in [-0.05, 0) is 71.1 Å². The summed E-state index contributed by atoms with van der Waals surface area (Å²) in [6, 6.07) is 7.26. The summed E-state index contributed by atoms with van der Waals surface area (Å²) in [6.07, 6.45) is 5.23. The van der Waals surface area contributed by atoms with Gasteiger partial charge in [0.2, 0.25) is 11.8 Å². The lowest BCUT2D eigenvalue weighted by Crippen LogP contribution is -2.56. The molecule has 0 bridgehead atoms. The van der Waals surface area contributed by atoms with E-state index >= 15 is 0 Å². The first-order valence-electron chi connectivity index (χ1n) is 16.1. The van der Waals surface area contributed by atoms with Crippen molar-refractivity contribution in [1.82, 2.24) is 39.8 Å². The van der Waals surface area contributed by atoms with E-state index in [1.54, 1.807) is 34.3 Å². The zero-order valence-corrected chi connectivity index (χ0v) is 26.8. The molecule has 0 radical (unpaired) electrons. The van der Waals surface area contributed by atoms with Crippen LogP contribution in [0, 0.1) is 25.7 Å².